The first-order valence-corrected chi connectivity index (χ1v) is 14.4. The van der Waals surface area contributed by atoms with Crippen LogP contribution in [-0.2, 0) is 4.79 Å². The van der Waals surface area contributed by atoms with Gasteiger partial charge in [-0.3, -0.25) is 9.59 Å². The lowest BCUT2D eigenvalue weighted by molar-refractivity contribution is -0.118. The quantitative estimate of drug-likeness (QED) is 0.138. The van der Waals surface area contributed by atoms with E-state index in [1.54, 1.807) is 36.5 Å². The molecule has 0 saturated carbocycles. The molecule has 0 aliphatic rings. The molecule has 0 spiro atoms. The molecule has 2 aromatic heterocycles. The van der Waals surface area contributed by atoms with Crippen LogP contribution in [0.5, 0.6) is 5.75 Å². The highest BCUT2D eigenvalue weighted by Gasteiger charge is 2.17. The Morgan fingerprint density at radius 1 is 1.07 bits per heavy atom. The standard InChI is InChI=1S/C31H19BrFIN4O4/c32-20-6-12-26-19(14-20)15-28(42-26)30-37-25-4-2-1-3-23(25)31(40)38(30)35-16-18-5-11-27(24(34)13-18)41-17-29(39)36-22-9-7-21(33)8-10-22/h1-16H,17H2,(H,36,39). The summed E-state index contributed by atoms with van der Waals surface area (Å²) in [5.41, 5.74) is 2.02. The van der Waals surface area contributed by atoms with Gasteiger partial charge in [0, 0.05) is 15.5 Å². The normalized spacial score (nSPS) is 11.4. The Morgan fingerprint density at radius 2 is 1.88 bits per heavy atom. The molecule has 0 radical (unpaired) electrons. The molecule has 208 valence electrons. The summed E-state index contributed by atoms with van der Waals surface area (Å²) in [6, 6.07) is 25.3. The van der Waals surface area contributed by atoms with Crippen LogP contribution < -0.4 is 15.6 Å². The third-order valence-corrected chi connectivity index (χ3v) is 7.55. The van der Waals surface area contributed by atoms with E-state index in [1.807, 2.05) is 36.4 Å². The Bertz CT molecular complexity index is 2060. The van der Waals surface area contributed by atoms with Crippen molar-refractivity contribution in [1.29, 1.82) is 0 Å². The summed E-state index contributed by atoms with van der Waals surface area (Å²) in [4.78, 5) is 30.5. The van der Waals surface area contributed by atoms with Gasteiger partial charge in [0.15, 0.2) is 12.4 Å². The number of anilines is 1. The number of fused-ring (bicyclic) bond motifs is 2. The molecule has 2 heterocycles. The minimum Gasteiger partial charge on any atom is -0.483 e. The minimum absolute atomic E-state index is 0.226. The van der Waals surface area contributed by atoms with E-state index in [9.17, 15) is 14.0 Å². The largest absolute Gasteiger partial charge is 0.483 e. The highest BCUT2D eigenvalue weighted by atomic mass is 127. The number of benzene rings is 4. The van der Waals surface area contributed by atoms with Crippen LogP contribution in [0, 0.1) is 9.39 Å². The molecule has 1 N–H and O–H groups in total. The lowest BCUT2D eigenvalue weighted by atomic mass is 10.2. The van der Waals surface area contributed by atoms with Crippen molar-refractivity contribution in [3.63, 3.8) is 0 Å². The zero-order valence-electron chi connectivity index (χ0n) is 21.6. The van der Waals surface area contributed by atoms with Crippen molar-refractivity contribution in [2.24, 2.45) is 5.10 Å². The summed E-state index contributed by atoms with van der Waals surface area (Å²) in [6.07, 6.45) is 1.55. The maximum absolute atomic E-state index is 13.5. The molecular weight excluding hydrogens is 718 g/mol. The molecule has 0 unspecified atom stereocenters. The first-order valence-electron chi connectivity index (χ1n) is 12.6. The van der Waals surface area contributed by atoms with Crippen molar-refractivity contribution < 1.29 is 18.3 Å². The van der Waals surface area contributed by atoms with Gasteiger partial charge in [-0.2, -0.15) is 9.78 Å². The van der Waals surface area contributed by atoms with Gasteiger partial charge in [-0.05, 0) is 107 Å². The molecule has 0 aliphatic carbocycles. The Balaban J connectivity index is 1.26. The molecule has 4 aromatic carbocycles. The number of nitrogens with zero attached hydrogens (tertiary/aromatic N) is 3. The number of para-hydroxylation sites is 1. The van der Waals surface area contributed by atoms with Crippen LogP contribution in [0.15, 0.2) is 110 Å². The monoisotopic (exact) mass is 736 g/mol. The number of ether oxygens (including phenoxy) is 1. The summed E-state index contributed by atoms with van der Waals surface area (Å²) < 4.78 is 27.7. The van der Waals surface area contributed by atoms with Gasteiger partial charge in [-0.15, -0.1) is 0 Å². The molecule has 0 bridgehead atoms. The fraction of sp³-hybridized carbons (Fsp3) is 0.0323. The summed E-state index contributed by atoms with van der Waals surface area (Å²) in [5.74, 6) is 0.408. The van der Waals surface area contributed by atoms with E-state index in [4.69, 9.17) is 14.1 Å². The van der Waals surface area contributed by atoms with Crippen LogP contribution in [0.1, 0.15) is 5.56 Å². The van der Waals surface area contributed by atoms with Crippen LogP contribution in [0.3, 0.4) is 0 Å². The van der Waals surface area contributed by atoms with Crippen LogP contribution in [-0.4, -0.2) is 28.4 Å². The van der Waals surface area contributed by atoms with Crippen molar-refractivity contribution in [3.05, 3.63) is 121 Å². The van der Waals surface area contributed by atoms with Gasteiger partial charge in [0.2, 0.25) is 5.82 Å². The Labute approximate surface area is 260 Å². The fourth-order valence-corrected chi connectivity index (χ4v) is 5.30. The molecular formula is C31H19BrFIN4O4. The van der Waals surface area contributed by atoms with E-state index >= 15 is 0 Å². The van der Waals surface area contributed by atoms with Gasteiger partial charge in [-0.1, -0.05) is 28.1 Å². The first kappa shape index (κ1) is 27.8. The van der Waals surface area contributed by atoms with Gasteiger partial charge in [-0.25, -0.2) is 9.37 Å². The zero-order chi connectivity index (χ0) is 29.2. The molecule has 0 saturated heterocycles. The average Bonchev–Trinajstić information content (AvgIpc) is 3.40. The van der Waals surface area contributed by atoms with Crippen LogP contribution in [0.25, 0.3) is 33.5 Å². The number of nitrogens with one attached hydrogen (secondary N) is 1. The summed E-state index contributed by atoms with van der Waals surface area (Å²) >= 11 is 5.57. The second-order valence-electron chi connectivity index (χ2n) is 9.14. The van der Waals surface area contributed by atoms with Crippen molar-refractivity contribution >= 4 is 78.2 Å². The number of hydrogen-bond donors (Lipinski definition) is 1. The van der Waals surface area contributed by atoms with E-state index in [2.05, 4.69) is 48.9 Å². The van der Waals surface area contributed by atoms with Crippen molar-refractivity contribution in [3.8, 4) is 17.3 Å². The maximum atomic E-state index is 13.5. The fourth-order valence-electron chi connectivity index (χ4n) is 4.23. The van der Waals surface area contributed by atoms with E-state index in [0.29, 0.717) is 39.2 Å². The Hall–Kier alpha value is -4.36. The highest BCUT2D eigenvalue weighted by molar-refractivity contribution is 14.1. The number of aromatic nitrogens is 2. The SMILES string of the molecule is O=C(COc1ccc(C=Nn2c(-c3cc4cc(Br)ccc4o3)nc3ccccc3c2=O)cc1I)Nc1ccc(F)cc1. The third-order valence-electron chi connectivity index (χ3n) is 6.22. The van der Waals surface area contributed by atoms with Gasteiger partial charge in [0.25, 0.3) is 11.5 Å². The highest BCUT2D eigenvalue weighted by Crippen LogP contribution is 2.29. The predicted octanol–water partition coefficient (Wildman–Crippen LogP) is 7.22. The van der Waals surface area contributed by atoms with Gasteiger partial charge >= 0.3 is 0 Å². The average molecular weight is 737 g/mol. The number of carbonyl (C=O) groups is 1. The minimum atomic E-state index is -0.386. The Kier molecular flexibility index (Phi) is 7.85. The van der Waals surface area contributed by atoms with Crippen LogP contribution in [0.4, 0.5) is 10.1 Å². The second kappa shape index (κ2) is 11.9. The molecule has 6 rings (SSSR count). The predicted molar refractivity (Wildman–Crippen MR) is 172 cm³/mol. The smallest absolute Gasteiger partial charge is 0.282 e. The summed E-state index contributed by atoms with van der Waals surface area (Å²) in [7, 11) is 0. The number of hydrogen-bond acceptors (Lipinski definition) is 6. The molecule has 8 nitrogen and oxygen atoms in total. The van der Waals surface area contributed by atoms with Crippen LogP contribution in [0.2, 0.25) is 0 Å². The third kappa shape index (κ3) is 5.97. The lowest BCUT2D eigenvalue weighted by Gasteiger charge is -2.10. The van der Waals surface area contributed by atoms with Crippen molar-refractivity contribution in [1.82, 2.24) is 9.66 Å². The number of furan rings is 1. The molecule has 1 amide bonds. The molecule has 0 atom stereocenters. The van der Waals surface area contributed by atoms with Crippen molar-refractivity contribution in [2.75, 3.05) is 11.9 Å². The summed E-state index contributed by atoms with van der Waals surface area (Å²) in [5, 5.41) is 8.44. The molecule has 6 aromatic rings. The zero-order valence-corrected chi connectivity index (χ0v) is 25.3. The van der Waals surface area contributed by atoms with Crippen molar-refractivity contribution in [2.45, 2.75) is 0 Å². The number of amides is 1. The Morgan fingerprint density at radius 3 is 2.69 bits per heavy atom. The molecule has 42 heavy (non-hydrogen) atoms. The first-order chi connectivity index (χ1) is 20.3. The number of rotatable bonds is 7. The van der Waals surface area contributed by atoms with E-state index in [-0.39, 0.29) is 29.7 Å². The number of carbonyl (C=O) groups excluding carboxylic acids is 1. The summed E-state index contributed by atoms with van der Waals surface area (Å²) in [6.45, 7) is -0.226. The lowest BCUT2D eigenvalue weighted by Crippen LogP contribution is -2.20. The van der Waals surface area contributed by atoms with E-state index in [0.717, 1.165) is 13.4 Å². The molecule has 11 heteroatoms. The van der Waals surface area contributed by atoms with E-state index in [1.165, 1.54) is 28.9 Å². The van der Waals surface area contributed by atoms with Gasteiger partial charge in [0.05, 0.1) is 20.7 Å². The second-order valence-corrected chi connectivity index (χ2v) is 11.2. The molecule has 0 aliphatic heterocycles. The maximum Gasteiger partial charge on any atom is 0.282 e. The van der Waals surface area contributed by atoms with E-state index < -0.39 is 0 Å². The van der Waals surface area contributed by atoms with Gasteiger partial charge < -0.3 is 14.5 Å². The molecule has 0 fully saturated rings. The topological polar surface area (TPSA) is 98.7 Å². The van der Waals surface area contributed by atoms with Crippen LogP contribution >= 0.6 is 38.5 Å². The van der Waals surface area contributed by atoms with Gasteiger partial charge in [0.1, 0.15) is 17.1 Å². The number of halogens is 3.